The summed E-state index contributed by atoms with van der Waals surface area (Å²) in [5, 5.41) is 9.57. The first kappa shape index (κ1) is 11.6. The molecule has 0 spiro atoms. The number of pyridine rings is 1. The van der Waals surface area contributed by atoms with Gasteiger partial charge in [0.15, 0.2) is 0 Å². The van der Waals surface area contributed by atoms with Crippen LogP contribution in [0.5, 0.6) is 0 Å². The number of hydrogen-bond donors (Lipinski definition) is 1. The molecule has 1 heterocycles. The summed E-state index contributed by atoms with van der Waals surface area (Å²) in [7, 11) is 0. The van der Waals surface area contributed by atoms with E-state index in [2.05, 4.69) is 28.9 Å². The molecule has 3 nitrogen and oxygen atoms in total. The highest BCUT2D eigenvalue weighted by atomic mass is 16.3. The summed E-state index contributed by atoms with van der Waals surface area (Å²) in [4.78, 5) is 6.48. The number of nitrogens with zero attached hydrogens (tertiary/aromatic N) is 2. The van der Waals surface area contributed by atoms with Crippen LogP contribution in [0.15, 0.2) is 24.5 Å². The minimum Gasteiger partial charge on any atom is -0.393 e. The van der Waals surface area contributed by atoms with Gasteiger partial charge < -0.3 is 5.11 Å². The van der Waals surface area contributed by atoms with Crippen molar-refractivity contribution in [3.05, 3.63) is 30.1 Å². The van der Waals surface area contributed by atoms with E-state index in [1.54, 1.807) is 0 Å². The molecule has 1 saturated carbocycles. The summed E-state index contributed by atoms with van der Waals surface area (Å²) in [6.07, 6.45) is 6.60. The van der Waals surface area contributed by atoms with Crippen molar-refractivity contribution in [1.29, 1.82) is 0 Å². The summed E-state index contributed by atoms with van der Waals surface area (Å²) < 4.78 is 0. The van der Waals surface area contributed by atoms with E-state index in [0.717, 1.165) is 32.4 Å². The second kappa shape index (κ2) is 5.41. The third kappa shape index (κ3) is 2.80. The van der Waals surface area contributed by atoms with Gasteiger partial charge in [-0.15, -0.1) is 0 Å². The number of aromatic nitrogens is 1. The molecule has 1 aromatic rings. The highest BCUT2D eigenvalue weighted by Gasteiger charge is 2.26. The van der Waals surface area contributed by atoms with Crippen LogP contribution in [0.2, 0.25) is 0 Å². The molecule has 0 bridgehead atoms. The molecule has 0 amide bonds. The van der Waals surface area contributed by atoms with Gasteiger partial charge in [-0.2, -0.15) is 0 Å². The maximum absolute atomic E-state index is 9.57. The third-order valence-corrected chi connectivity index (χ3v) is 3.43. The zero-order valence-electron chi connectivity index (χ0n) is 9.84. The Hall–Kier alpha value is -0.930. The monoisotopic (exact) mass is 220 g/mol. The fourth-order valence-electron chi connectivity index (χ4n) is 2.49. The van der Waals surface area contributed by atoms with Gasteiger partial charge in [0.25, 0.3) is 0 Å². The highest BCUT2D eigenvalue weighted by Crippen LogP contribution is 2.25. The van der Waals surface area contributed by atoms with Crippen LogP contribution in [0.1, 0.15) is 31.7 Å². The lowest BCUT2D eigenvalue weighted by Crippen LogP contribution is -2.33. The van der Waals surface area contributed by atoms with Gasteiger partial charge in [-0.1, -0.05) is 6.92 Å². The van der Waals surface area contributed by atoms with Crippen molar-refractivity contribution in [3.8, 4) is 0 Å². The largest absolute Gasteiger partial charge is 0.393 e. The Morgan fingerprint density at radius 3 is 2.69 bits per heavy atom. The van der Waals surface area contributed by atoms with Crippen molar-refractivity contribution >= 4 is 0 Å². The van der Waals surface area contributed by atoms with Crippen LogP contribution in [0.25, 0.3) is 0 Å². The molecular weight excluding hydrogens is 200 g/mol. The first-order chi connectivity index (χ1) is 7.79. The highest BCUT2D eigenvalue weighted by molar-refractivity contribution is 5.09. The standard InChI is InChI=1S/C13H20N2O/c1-2-15(12-3-4-13(16)9-12)10-11-5-7-14-8-6-11/h5-8,12-13,16H,2-4,9-10H2,1H3. The van der Waals surface area contributed by atoms with Gasteiger partial charge >= 0.3 is 0 Å². The van der Waals surface area contributed by atoms with E-state index in [9.17, 15) is 5.11 Å². The Labute approximate surface area is 97.1 Å². The summed E-state index contributed by atoms with van der Waals surface area (Å²) in [6.45, 7) is 4.20. The van der Waals surface area contributed by atoms with Crippen LogP contribution in [0.4, 0.5) is 0 Å². The molecule has 0 aliphatic heterocycles. The SMILES string of the molecule is CCN(Cc1ccncc1)C1CCC(O)C1. The van der Waals surface area contributed by atoms with Crippen LogP contribution in [0, 0.1) is 0 Å². The van der Waals surface area contributed by atoms with E-state index in [-0.39, 0.29) is 6.10 Å². The van der Waals surface area contributed by atoms with Crippen LogP contribution in [0.3, 0.4) is 0 Å². The molecular formula is C13H20N2O. The van der Waals surface area contributed by atoms with E-state index >= 15 is 0 Å². The van der Waals surface area contributed by atoms with Crippen molar-refractivity contribution in [3.63, 3.8) is 0 Å². The number of rotatable bonds is 4. The fourth-order valence-corrected chi connectivity index (χ4v) is 2.49. The van der Waals surface area contributed by atoms with Crippen molar-refractivity contribution < 1.29 is 5.11 Å². The normalized spacial score (nSPS) is 25.2. The van der Waals surface area contributed by atoms with E-state index in [1.165, 1.54) is 5.56 Å². The Bertz CT molecular complexity index is 315. The summed E-state index contributed by atoms with van der Waals surface area (Å²) in [6, 6.07) is 4.68. The average molecular weight is 220 g/mol. The van der Waals surface area contributed by atoms with Crippen molar-refractivity contribution in [2.45, 2.75) is 44.9 Å². The Balaban J connectivity index is 1.96. The van der Waals surface area contributed by atoms with Crippen LogP contribution in [-0.4, -0.2) is 33.7 Å². The smallest absolute Gasteiger partial charge is 0.0555 e. The Morgan fingerprint density at radius 1 is 1.38 bits per heavy atom. The van der Waals surface area contributed by atoms with Crippen molar-refractivity contribution in [2.24, 2.45) is 0 Å². The van der Waals surface area contributed by atoms with E-state index in [0.29, 0.717) is 6.04 Å². The van der Waals surface area contributed by atoms with E-state index < -0.39 is 0 Å². The summed E-state index contributed by atoms with van der Waals surface area (Å²) in [5.74, 6) is 0. The van der Waals surface area contributed by atoms with E-state index in [1.807, 2.05) is 12.4 Å². The first-order valence-corrected chi connectivity index (χ1v) is 6.10. The molecule has 1 N–H and O–H groups in total. The number of aliphatic hydroxyl groups excluding tert-OH is 1. The van der Waals surface area contributed by atoms with Gasteiger partial charge in [0.2, 0.25) is 0 Å². The molecule has 16 heavy (non-hydrogen) atoms. The van der Waals surface area contributed by atoms with Crippen LogP contribution in [-0.2, 0) is 6.54 Å². The van der Waals surface area contributed by atoms with Gasteiger partial charge in [0, 0.05) is 25.0 Å². The second-order valence-corrected chi connectivity index (χ2v) is 4.54. The van der Waals surface area contributed by atoms with Crippen LogP contribution < -0.4 is 0 Å². The maximum Gasteiger partial charge on any atom is 0.0555 e. The second-order valence-electron chi connectivity index (χ2n) is 4.54. The molecule has 1 fully saturated rings. The summed E-state index contributed by atoms with van der Waals surface area (Å²) in [5.41, 5.74) is 1.30. The van der Waals surface area contributed by atoms with Crippen LogP contribution >= 0.6 is 0 Å². The molecule has 1 aromatic heterocycles. The third-order valence-electron chi connectivity index (χ3n) is 3.43. The first-order valence-electron chi connectivity index (χ1n) is 6.10. The zero-order chi connectivity index (χ0) is 11.4. The molecule has 3 heteroatoms. The molecule has 88 valence electrons. The summed E-state index contributed by atoms with van der Waals surface area (Å²) >= 11 is 0. The van der Waals surface area contributed by atoms with Crippen molar-refractivity contribution in [1.82, 2.24) is 9.88 Å². The fraction of sp³-hybridized carbons (Fsp3) is 0.615. The maximum atomic E-state index is 9.57. The average Bonchev–Trinajstić information content (AvgIpc) is 2.74. The zero-order valence-corrected chi connectivity index (χ0v) is 9.84. The molecule has 1 aliphatic carbocycles. The molecule has 2 atom stereocenters. The predicted octanol–water partition coefficient (Wildman–Crippen LogP) is 1.82. The predicted molar refractivity (Wildman–Crippen MR) is 64.0 cm³/mol. The quantitative estimate of drug-likeness (QED) is 0.840. The molecule has 1 aliphatic rings. The number of hydrogen-bond acceptors (Lipinski definition) is 3. The van der Waals surface area contributed by atoms with Crippen molar-refractivity contribution in [2.75, 3.05) is 6.54 Å². The lowest BCUT2D eigenvalue weighted by molar-refractivity contribution is 0.150. The molecule has 0 aromatic carbocycles. The minimum atomic E-state index is -0.0866. The lowest BCUT2D eigenvalue weighted by Gasteiger charge is -2.27. The lowest BCUT2D eigenvalue weighted by atomic mass is 10.1. The van der Waals surface area contributed by atoms with E-state index in [4.69, 9.17) is 0 Å². The molecule has 0 saturated heterocycles. The molecule has 2 unspecified atom stereocenters. The topological polar surface area (TPSA) is 36.4 Å². The Morgan fingerprint density at radius 2 is 2.12 bits per heavy atom. The Kier molecular flexibility index (Phi) is 3.91. The van der Waals surface area contributed by atoms with Gasteiger partial charge in [-0.25, -0.2) is 0 Å². The molecule has 0 radical (unpaired) electrons. The van der Waals surface area contributed by atoms with Gasteiger partial charge in [0.1, 0.15) is 0 Å². The number of aliphatic hydroxyl groups is 1. The van der Waals surface area contributed by atoms with Gasteiger partial charge in [-0.05, 0) is 43.5 Å². The van der Waals surface area contributed by atoms with Gasteiger partial charge in [0.05, 0.1) is 6.10 Å². The molecule has 2 rings (SSSR count). The van der Waals surface area contributed by atoms with Gasteiger partial charge in [-0.3, -0.25) is 9.88 Å². The minimum absolute atomic E-state index is 0.0866.